The molecule has 144 valence electrons. The first-order chi connectivity index (χ1) is 13.1. The van der Waals surface area contributed by atoms with Crippen molar-refractivity contribution in [1.82, 2.24) is 20.1 Å². The molecule has 2 fully saturated rings. The summed E-state index contributed by atoms with van der Waals surface area (Å²) >= 11 is 0. The van der Waals surface area contributed by atoms with Gasteiger partial charge >= 0.3 is 0 Å². The molecule has 7 heteroatoms. The van der Waals surface area contributed by atoms with Crippen LogP contribution in [0.3, 0.4) is 0 Å². The standard InChI is InChI=1S/C20H27N5O2/c1-24-11-6-5-9-17-19(24)15(14-7-3-2-4-8-14)10-12-25(17)18(26)13-16-20(21)23-27-22-16/h2-4,7-8,15,17,19H,5-6,9-13H2,1H3,(H2,21,23)/t15-,17-,19-/m1/s1. The van der Waals surface area contributed by atoms with Crippen molar-refractivity contribution >= 4 is 11.7 Å². The molecule has 3 atom stereocenters. The van der Waals surface area contributed by atoms with Gasteiger partial charge in [-0.2, -0.15) is 0 Å². The third-order valence-electron chi connectivity index (χ3n) is 6.11. The molecule has 3 heterocycles. The van der Waals surface area contributed by atoms with Gasteiger partial charge < -0.3 is 15.5 Å². The Bertz CT molecular complexity index is 778. The summed E-state index contributed by atoms with van der Waals surface area (Å²) < 4.78 is 4.65. The number of benzene rings is 1. The Morgan fingerprint density at radius 1 is 1.19 bits per heavy atom. The molecule has 2 saturated heterocycles. The molecular weight excluding hydrogens is 342 g/mol. The summed E-state index contributed by atoms with van der Waals surface area (Å²) in [7, 11) is 2.20. The van der Waals surface area contributed by atoms with Gasteiger partial charge in [0.25, 0.3) is 0 Å². The van der Waals surface area contributed by atoms with Crippen LogP contribution in [0.15, 0.2) is 35.0 Å². The number of likely N-dealkylation sites (N-methyl/N-ethyl adjacent to an activating group) is 1. The molecule has 1 amide bonds. The first-order valence-electron chi connectivity index (χ1n) is 9.76. The van der Waals surface area contributed by atoms with Crippen molar-refractivity contribution in [2.75, 3.05) is 25.9 Å². The van der Waals surface area contributed by atoms with E-state index in [1.165, 1.54) is 12.0 Å². The fourth-order valence-electron chi connectivity index (χ4n) is 4.81. The molecule has 0 saturated carbocycles. The van der Waals surface area contributed by atoms with E-state index in [-0.39, 0.29) is 24.2 Å². The van der Waals surface area contributed by atoms with Gasteiger partial charge in [0.2, 0.25) is 5.91 Å². The van der Waals surface area contributed by atoms with Crippen LogP contribution < -0.4 is 5.73 Å². The first kappa shape index (κ1) is 18.0. The number of amides is 1. The van der Waals surface area contributed by atoms with Crippen LogP contribution in [0, 0.1) is 0 Å². The molecule has 4 rings (SSSR count). The highest BCUT2D eigenvalue weighted by atomic mass is 16.6. The lowest BCUT2D eigenvalue weighted by Gasteiger charge is -2.48. The van der Waals surface area contributed by atoms with Crippen molar-refractivity contribution in [3.05, 3.63) is 41.6 Å². The molecule has 1 aromatic heterocycles. The molecule has 0 bridgehead atoms. The number of nitrogen functional groups attached to an aromatic ring is 1. The zero-order valence-electron chi connectivity index (χ0n) is 15.8. The van der Waals surface area contributed by atoms with Crippen molar-refractivity contribution in [3.63, 3.8) is 0 Å². The smallest absolute Gasteiger partial charge is 0.229 e. The highest BCUT2D eigenvalue weighted by Gasteiger charge is 2.43. The Hall–Kier alpha value is -2.41. The monoisotopic (exact) mass is 369 g/mol. The lowest BCUT2D eigenvalue weighted by Crippen LogP contribution is -2.58. The van der Waals surface area contributed by atoms with Crippen LogP contribution in [0.5, 0.6) is 0 Å². The topological polar surface area (TPSA) is 88.5 Å². The first-order valence-corrected chi connectivity index (χ1v) is 9.76. The average molecular weight is 369 g/mol. The van der Waals surface area contributed by atoms with Gasteiger partial charge in [-0.1, -0.05) is 41.9 Å². The number of hydrogen-bond donors (Lipinski definition) is 1. The van der Waals surface area contributed by atoms with Gasteiger partial charge in [0, 0.05) is 24.5 Å². The second-order valence-corrected chi connectivity index (χ2v) is 7.70. The van der Waals surface area contributed by atoms with Crippen molar-refractivity contribution in [2.24, 2.45) is 0 Å². The fourth-order valence-corrected chi connectivity index (χ4v) is 4.81. The summed E-state index contributed by atoms with van der Waals surface area (Å²) in [6, 6.07) is 11.3. The number of anilines is 1. The fraction of sp³-hybridized carbons (Fsp3) is 0.550. The van der Waals surface area contributed by atoms with E-state index in [4.69, 9.17) is 5.73 Å². The molecule has 2 aliphatic heterocycles. The number of likely N-dealkylation sites (tertiary alicyclic amines) is 2. The zero-order valence-corrected chi connectivity index (χ0v) is 15.8. The van der Waals surface area contributed by atoms with E-state index < -0.39 is 0 Å². The van der Waals surface area contributed by atoms with Gasteiger partial charge in [0.1, 0.15) is 5.69 Å². The van der Waals surface area contributed by atoms with Crippen molar-refractivity contribution < 1.29 is 9.42 Å². The van der Waals surface area contributed by atoms with Crippen LogP contribution >= 0.6 is 0 Å². The Kier molecular flexibility index (Phi) is 5.11. The van der Waals surface area contributed by atoms with Crippen molar-refractivity contribution in [1.29, 1.82) is 0 Å². The quantitative estimate of drug-likeness (QED) is 0.891. The van der Waals surface area contributed by atoms with E-state index in [1.807, 2.05) is 0 Å². The number of rotatable bonds is 3. The molecule has 2 N–H and O–H groups in total. The normalized spacial score (nSPS) is 26.4. The Morgan fingerprint density at radius 3 is 2.74 bits per heavy atom. The Morgan fingerprint density at radius 2 is 2.00 bits per heavy atom. The van der Waals surface area contributed by atoms with E-state index in [2.05, 4.69) is 62.1 Å². The van der Waals surface area contributed by atoms with E-state index in [0.717, 1.165) is 32.4 Å². The van der Waals surface area contributed by atoms with Gasteiger partial charge in [0.15, 0.2) is 5.82 Å². The SMILES string of the molecule is CN1CCCC[C@@H]2[C@H]1[C@@H](c1ccccc1)CCN2C(=O)Cc1nonc1N. The molecule has 1 aromatic carbocycles. The van der Waals surface area contributed by atoms with Crippen LogP contribution in [0.1, 0.15) is 42.9 Å². The summed E-state index contributed by atoms with van der Waals surface area (Å²) in [6.07, 6.45) is 4.47. The highest BCUT2D eigenvalue weighted by Crippen LogP contribution is 2.38. The van der Waals surface area contributed by atoms with Crippen molar-refractivity contribution in [2.45, 2.75) is 50.1 Å². The lowest BCUT2D eigenvalue weighted by atomic mass is 9.79. The molecule has 0 unspecified atom stereocenters. The van der Waals surface area contributed by atoms with Crippen LogP contribution in [0.4, 0.5) is 5.82 Å². The number of aromatic nitrogens is 2. The predicted molar refractivity (Wildman–Crippen MR) is 102 cm³/mol. The second kappa shape index (κ2) is 7.68. The molecule has 2 aromatic rings. The summed E-state index contributed by atoms with van der Waals surface area (Å²) in [5.74, 6) is 0.716. The summed E-state index contributed by atoms with van der Waals surface area (Å²) in [6.45, 7) is 1.84. The molecule has 2 aliphatic rings. The van der Waals surface area contributed by atoms with Gasteiger partial charge in [-0.3, -0.25) is 4.79 Å². The Balaban J connectivity index is 1.60. The summed E-state index contributed by atoms with van der Waals surface area (Å²) in [5.41, 5.74) is 7.56. The number of nitrogens with zero attached hydrogens (tertiary/aromatic N) is 4. The highest BCUT2D eigenvalue weighted by molar-refractivity contribution is 5.80. The zero-order chi connectivity index (χ0) is 18.8. The average Bonchev–Trinajstić information content (AvgIpc) is 2.98. The number of hydrogen-bond acceptors (Lipinski definition) is 6. The molecule has 27 heavy (non-hydrogen) atoms. The van der Waals surface area contributed by atoms with Gasteiger partial charge in [-0.15, -0.1) is 0 Å². The van der Waals surface area contributed by atoms with E-state index in [1.54, 1.807) is 0 Å². The third-order valence-corrected chi connectivity index (χ3v) is 6.11. The van der Waals surface area contributed by atoms with Crippen LogP contribution in [-0.4, -0.2) is 58.2 Å². The third kappa shape index (κ3) is 3.56. The second-order valence-electron chi connectivity index (χ2n) is 7.70. The molecule has 7 nitrogen and oxygen atoms in total. The number of carbonyl (C=O) groups is 1. The molecule has 0 spiro atoms. The van der Waals surface area contributed by atoms with E-state index >= 15 is 0 Å². The molecular formula is C20H27N5O2. The number of fused-ring (bicyclic) bond motifs is 1. The van der Waals surface area contributed by atoms with Crippen LogP contribution in [0.25, 0.3) is 0 Å². The molecule has 0 aliphatic carbocycles. The summed E-state index contributed by atoms with van der Waals surface area (Å²) in [5, 5.41) is 7.37. The van der Waals surface area contributed by atoms with E-state index in [0.29, 0.717) is 17.7 Å². The number of carbonyl (C=O) groups excluding carboxylic acids is 1. The van der Waals surface area contributed by atoms with Crippen LogP contribution in [-0.2, 0) is 11.2 Å². The Labute approximate surface area is 159 Å². The van der Waals surface area contributed by atoms with Gasteiger partial charge in [0.05, 0.1) is 6.42 Å². The minimum Gasteiger partial charge on any atom is -0.379 e. The minimum absolute atomic E-state index is 0.0641. The molecule has 0 radical (unpaired) electrons. The van der Waals surface area contributed by atoms with Gasteiger partial charge in [-0.05, 0) is 43.6 Å². The van der Waals surface area contributed by atoms with E-state index in [9.17, 15) is 4.79 Å². The predicted octanol–water partition coefficient (Wildman–Crippen LogP) is 2.06. The summed E-state index contributed by atoms with van der Waals surface area (Å²) in [4.78, 5) is 17.6. The maximum atomic E-state index is 13.1. The lowest BCUT2D eigenvalue weighted by molar-refractivity contribution is -0.136. The maximum Gasteiger partial charge on any atom is 0.229 e. The van der Waals surface area contributed by atoms with Crippen LogP contribution in [0.2, 0.25) is 0 Å². The maximum absolute atomic E-state index is 13.1. The number of nitrogens with two attached hydrogens (primary N) is 1. The number of piperidine rings is 1. The van der Waals surface area contributed by atoms with Gasteiger partial charge in [-0.25, -0.2) is 4.63 Å². The van der Waals surface area contributed by atoms with Crippen molar-refractivity contribution in [3.8, 4) is 0 Å². The largest absolute Gasteiger partial charge is 0.379 e. The minimum atomic E-state index is 0.0641.